The zero-order valence-corrected chi connectivity index (χ0v) is 13.3. The fourth-order valence-corrected chi connectivity index (χ4v) is 3.60. The van der Waals surface area contributed by atoms with Crippen LogP contribution in [0.3, 0.4) is 0 Å². The van der Waals surface area contributed by atoms with Gasteiger partial charge in [0.1, 0.15) is 0 Å². The number of nitrogens with zero attached hydrogens (tertiary/aromatic N) is 2. The van der Waals surface area contributed by atoms with E-state index in [2.05, 4.69) is 0 Å². The lowest BCUT2D eigenvalue weighted by Gasteiger charge is -2.32. The molecule has 6 heteroatoms. The fraction of sp³-hybridized carbons (Fsp3) is 0.533. The molecule has 0 bridgehead atoms. The van der Waals surface area contributed by atoms with Crippen molar-refractivity contribution in [1.29, 1.82) is 0 Å². The Labute approximate surface area is 126 Å². The molecule has 1 aliphatic rings. The third-order valence-electron chi connectivity index (χ3n) is 3.84. The summed E-state index contributed by atoms with van der Waals surface area (Å²) in [7, 11) is -1.44. The molecule has 1 fully saturated rings. The Morgan fingerprint density at radius 1 is 1.33 bits per heavy atom. The normalized spacial score (nSPS) is 20.2. The van der Waals surface area contributed by atoms with E-state index in [0.717, 1.165) is 18.4 Å². The molecule has 0 radical (unpaired) electrons. The van der Waals surface area contributed by atoms with Crippen LogP contribution >= 0.6 is 0 Å². The van der Waals surface area contributed by atoms with Crippen molar-refractivity contribution in [3.8, 4) is 0 Å². The molecular weight excluding hydrogens is 288 g/mol. The highest BCUT2D eigenvalue weighted by Crippen LogP contribution is 2.21. The molecule has 1 heterocycles. The topological polar surface area (TPSA) is 57.7 Å². The van der Waals surface area contributed by atoms with Gasteiger partial charge in [0.25, 0.3) is 0 Å². The average molecular weight is 310 g/mol. The Kier molecular flexibility index (Phi) is 5.00. The number of rotatable bonds is 4. The Balaban J connectivity index is 1.99. The third kappa shape index (κ3) is 4.28. The summed E-state index contributed by atoms with van der Waals surface area (Å²) >= 11 is 0. The van der Waals surface area contributed by atoms with E-state index in [9.17, 15) is 13.2 Å². The molecule has 1 unspecified atom stereocenters. The Hall–Kier alpha value is -1.40. The second kappa shape index (κ2) is 6.58. The molecule has 0 aromatic heterocycles. The van der Waals surface area contributed by atoms with Gasteiger partial charge in [-0.1, -0.05) is 30.3 Å². The average Bonchev–Trinajstić information content (AvgIpc) is 2.46. The van der Waals surface area contributed by atoms with Crippen LogP contribution in [0.25, 0.3) is 0 Å². The molecule has 0 saturated carbocycles. The molecule has 0 N–H and O–H groups in total. The van der Waals surface area contributed by atoms with Crippen LogP contribution < -0.4 is 0 Å². The third-order valence-corrected chi connectivity index (χ3v) is 5.11. The van der Waals surface area contributed by atoms with Crippen molar-refractivity contribution in [1.82, 2.24) is 9.21 Å². The lowest BCUT2D eigenvalue weighted by atomic mass is 9.98. The number of sulfonamides is 1. The number of hydrogen-bond donors (Lipinski definition) is 0. The van der Waals surface area contributed by atoms with Crippen molar-refractivity contribution < 1.29 is 13.2 Å². The van der Waals surface area contributed by atoms with Crippen LogP contribution in [0.15, 0.2) is 30.3 Å². The number of amides is 1. The van der Waals surface area contributed by atoms with Gasteiger partial charge < -0.3 is 4.90 Å². The second-order valence-corrected chi connectivity index (χ2v) is 7.62. The zero-order chi connectivity index (χ0) is 15.5. The summed E-state index contributed by atoms with van der Waals surface area (Å²) in [6.07, 6.45) is 2.69. The van der Waals surface area contributed by atoms with Gasteiger partial charge >= 0.3 is 0 Å². The van der Waals surface area contributed by atoms with Crippen LogP contribution in [0.4, 0.5) is 0 Å². The first-order chi connectivity index (χ1) is 9.88. The Bertz CT molecular complexity index is 586. The van der Waals surface area contributed by atoms with Gasteiger partial charge in [-0.25, -0.2) is 12.7 Å². The maximum Gasteiger partial charge on any atom is 0.227 e. The van der Waals surface area contributed by atoms with E-state index in [1.165, 1.54) is 10.6 Å². The van der Waals surface area contributed by atoms with E-state index in [1.54, 1.807) is 11.9 Å². The molecule has 1 saturated heterocycles. The smallest absolute Gasteiger partial charge is 0.227 e. The highest BCUT2D eigenvalue weighted by molar-refractivity contribution is 7.88. The van der Waals surface area contributed by atoms with Gasteiger partial charge in [0.15, 0.2) is 0 Å². The minimum Gasteiger partial charge on any atom is -0.341 e. The molecule has 116 valence electrons. The number of benzene rings is 1. The molecule has 1 aromatic carbocycles. The van der Waals surface area contributed by atoms with Gasteiger partial charge in [-0.15, -0.1) is 0 Å². The summed E-state index contributed by atoms with van der Waals surface area (Å²) < 4.78 is 24.6. The van der Waals surface area contributed by atoms with Gasteiger partial charge in [0, 0.05) is 26.7 Å². The van der Waals surface area contributed by atoms with Crippen LogP contribution in [-0.2, 0) is 21.4 Å². The highest BCUT2D eigenvalue weighted by atomic mass is 32.2. The molecule has 2 rings (SSSR count). The first kappa shape index (κ1) is 16.0. The van der Waals surface area contributed by atoms with Crippen LogP contribution in [0, 0.1) is 5.92 Å². The fourth-order valence-electron chi connectivity index (χ4n) is 2.69. The second-order valence-electron chi connectivity index (χ2n) is 5.64. The van der Waals surface area contributed by atoms with Gasteiger partial charge in [-0.3, -0.25) is 4.79 Å². The Morgan fingerprint density at radius 2 is 2.00 bits per heavy atom. The minimum absolute atomic E-state index is 0.0206. The summed E-state index contributed by atoms with van der Waals surface area (Å²) in [5.74, 6) is -0.214. The predicted octanol–water partition coefficient (Wildman–Crippen LogP) is 1.32. The summed E-state index contributed by atoms with van der Waals surface area (Å²) in [5.41, 5.74) is 1.07. The van der Waals surface area contributed by atoms with Gasteiger partial charge in [-0.2, -0.15) is 0 Å². The van der Waals surface area contributed by atoms with Crippen molar-refractivity contribution in [3.05, 3.63) is 35.9 Å². The van der Waals surface area contributed by atoms with Crippen LogP contribution in [0.5, 0.6) is 0 Å². The van der Waals surface area contributed by atoms with Gasteiger partial charge in [0.05, 0.1) is 12.2 Å². The van der Waals surface area contributed by atoms with E-state index in [-0.39, 0.29) is 11.8 Å². The van der Waals surface area contributed by atoms with Crippen LogP contribution in [-0.4, -0.2) is 49.9 Å². The molecule has 21 heavy (non-hydrogen) atoms. The molecule has 0 aliphatic carbocycles. The van der Waals surface area contributed by atoms with Crippen molar-refractivity contribution >= 4 is 15.9 Å². The molecule has 1 aliphatic heterocycles. The Morgan fingerprint density at radius 3 is 2.62 bits per heavy atom. The van der Waals surface area contributed by atoms with Crippen molar-refractivity contribution in [2.75, 3.05) is 26.4 Å². The molecule has 5 nitrogen and oxygen atoms in total. The van der Waals surface area contributed by atoms with E-state index < -0.39 is 10.0 Å². The number of piperidine rings is 1. The standard InChI is InChI=1S/C15H22N2O3S/c1-16(11-13-7-4-3-5-8-13)15(18)14-9-6-10-17(12-14)21(2,19)20/h3-5,7-8,14H,6,9-12H2,1-2H3. The summed E-state index contributed by atoms with van der Waals surface area (Å²) in [6, 6.07) is 9.79. The van der Waals surface area contributed by atoms with Crippen LogP contribution in [0.1, 0.15) is 18.4 Å². The van der Waals surface area contributed by atoms with Crippen molar-refractivity contribution in [2.45, 2.75) is 19.4 Å². The van der Waals surface area contributed by atoms with E-state index in [1.807, 2.05) is 30.3 Å². The maximum absolute atomic E-state index is 12.5. The lowest BCUT2D eigenvalue weighted by Crippen LogP contribution is -2.45. The zero-order valence-electron chi connectivity index (χ0n) is 12.5. The van der Waals surface area contributed by atoms with Gasteiger partial charge in [0.2, 0.25) is 15.9 Å². The van der Waals surface area contributed by atoms with Crippen LogP contribution in [0.2, 0.25) is 0 Å². The van der Waals surface area contributed by atoms with Crippen molar-refractivity contribution in [3.63, 3.8) is 0 Å². The predicted molar refractivity (Wildman–Crippen MR) is 82.1 cm³/mol. The quantitative estimate of drug-likeness (QED) is 0.843. The molecule has 1 atom stereocenters. The molecule has 0 spiro atoms. The number of carbonyl (C=O) groups is 1. The van der Waals surface area contributed by atoms with Crippen molar-refractivity contribution in [2.24, 2.45) is 5.92 Å². The van der Waals surface area contributed by atoms with E-state index >= 15 is 0 Å². The largest absolute Gasteiger partial charge is 0.341 e. The molecule has 1 aromatic rings. The molecule has 1 amide bonds. The van der Waals surface area contributed by atoms with E-state index in [4.69, 9.17) is 0 Å². The summed E-state index contributed by atoms with van der Waals surface area (Å²) in [4.78, 5) is 14.2. The summed E-state index contributed by atoms with van der Waals surface area (Å²) in [6.45, 7) is 1.37. The lowest BCUT2D eigenvalue weighted by molar-refractivity contribution is -0.135. The summed E-state index contributed by atoms with van der Waals surface area (Å²) in [5, 5.41) is 0. The SMILES string of the molecule is CN(Cc1ccccc1)C(=O)C1CCCN(S(C)(=O)=O)C1. The minimum atomic E-state index is -3.21. The highest BCUT2D eigenvalue weighted by Gasteiger charge is 2.31. The van der Waals surface area contributed by atoms with Gasteiger partial charge in [-0.05, 0) is 18.4 Å². The van der Waals surface area contributed by atoms with E-state index in [0.29, 0.717) is 19.6 Å². The monoisotopic (exact) mass is 310 g/mol. The number of carbonyl (C=O) groups excluding carboxylic acids is 1. The number of hydrogen-bond acceptors (Lipinski definition) is 3. The molecular formula is C15H22N2O3S. The maximum atomic E-state index is 12.5. The first-order valence-electron chi connectivity index (χ1n) is 7.12. The first-order valence-corrected chi connectivity index (χ1v) is 8.97.